The van der Waals surface area contributed by atoms with E-state index in [1.165, 1.54) is 5.56 Å². The first-order valence-corrected chi connectivity index (χ1v) is 6.63. The summed E-state index contributed by atoms with van der Waals surface area (Å²) in [5.41, 5.74) is 15.2. The third-order valence-corrected chi connectivity index (χ3v) is 4.05. The zero-order valence-electron chi connectivity index (χ0n) is 11.0. The summed E-state index contributed by atoms with van der Waals surface area (Å²) in [6, 6.07) is 10.6. The van der Waals surface area contributed by atoms with Gasteiger partial charge in [0.2, 0.25) is 5.95 Å². The van der Waals surface area contributed by atoms with Gasteiger partial charge in [-0.15, -0.1) is 0 Å². The molecule has 1 aromatic heterocycles. The molecule has 4 N–H and O–H groups in total. The normalized spacial score (nSPS) is 21.9. The molecule has 1 heterocycles. The van der Waals surface area contributed by atoms with Gasteiger partial charge in [-0.3, -0.25) is 0 Å². The Balaban J connectivity index is 2.03. The van der Waals surface area contributed by atoms with Crippen molar-refractivity contribution in [2.24, 2.45) is 0 Å². The summed E-state index contributed by atoms with van der Waals surface area (Å²) in [7, 11) is 0. The van der Waals surface area contributed by atoms with E-state index >= 15 is 0 Å². The van der Waals surface area contributed by atoms with Gasteiger partial charge in [-0.2, -0.15) is 4.98 Å². The number of aryl methyl sites for hydroxylation is 1. The maximum Gasteiger partial charge on any atom is 0.222 e. The van der Waals surface area contributed by atoms with Crippen molar-refractivity contribution in [2.75, 3.05) is 11.5 Å². The highest BCUT2D eigenvalue weighted by atomic mass is 15.0. The van der Waals surface area contributed by atoms with E-state index in [4.69, 9.17) is 11.5 Å². The Morgan fingerprint density at radius 1 is 1.11 bits per heavy atom. The quantitative estimate of drug-likeness (QED) is 0.819. The number of nitrogens with two attached hydrogens (primary N) is 2. The Morgan fingerprint density at radius 2 is 1.84 bits per heavy atom. The van der Waals surface area contributed by atoms with E-state index in [2.05, 4.69) is 41.2 Å². The number of rotatable bonds is 1. The smallest absolute Gasteiger partial charge is 0.222 e. The van der Waals surface area contributed by atoms with E-state index in [9.17, 15) is 0 Å². The number of hydrogen-bond acceptors (Lipinski definition) is 4. The molecule has 2 atom stereocenters. The van der Waals surface area contributed by atoms with E-state index < -0.39 is 0 Å². The first-order chi connectivity index (χ1) is 9.16. The molecule has 0 fully saturated rings. The van der Waals surface area contributed by atoms with Crippen LogP contribution in [-0.2, 0) is 6.42 Å². The maximum atomic E-state index is 6.04. The van der Waals surface area contributed by atoms with E-state index in [0.717, 1.165) is 24.1 Å². The van der Waals surface area contributed by atoms with Crippen LogP contribution in [-0.4, -0.2) is 9.97 Å². The van der Waals surface area contributed by atoms with Crippen molar-refractivity contribution in [3.05, 3.63) is 47.2 Å². The molecular formula is C15H18N4. The van der Waals surface area contributed by atoms with Crippen LogP contribution in [0.15, 0.2) is 30.3 Å². The summed E-state index contributed by atoms with van der Waals surface area (Å²) in [6.07, 6.45) is 1.99. The Bertz CT molecular complexity index is 595. The van der Waals surface area contributed by atoms with Crippen molar-refractivity contribution in [2.45, 2.75) is 31.6 Å². The SMILES string of the molecule is C[C@@H]1c2c(N)nc(N)nc2CC[C@H]1c1ccccc1. The third kappa shape index (κ3) is 2.03. The lowest BCUT2D eigenvalue weighted by atomic mass is 9.74. The summed E-state index contributed by atoms with van der Waals surface area (Å²) >= 11 is 0. The zero-order chi connectivity index (χ0) is 13.4. The molecule has 4 heteroatoms. The Morgan fingerprint density at radius 3 is 2.58 bits per heavy atom. The van der Waals surface area contributed by atoms with Crippen molar-refractivity contribution in [1.82, 2.24) is 9.97 Å². The average Bonchev–Trinajstić information content (AvgIpc) is 2.39. The molecule has 1 aromatic carbocycles. The van der Waals surface area contributed by atoms with E-state index in [1.54, 1.807) is 0 Å². The number of nitrogens with zero attached hydrogens (tertiary/aromatic N) is 2. The van der Waals surface area contributed by atoms with Crippen LogP contribution >= 0.6 is 0 Å². The first-order valence-electron chi connectivity index (χ1n) is 6.63. The second-order valence-electron chi connectivity index (χ2n) is 5.17. The highest BCUT2D eigenvalue weighted by Crippen LogP contribution is 2.43. The molecule has 1 aliphatic carbocycles. The first kappa shape index (κ1) is 12.0. The lowest BCUT2D eigenvalue weighted by Gasteiger charge is -2.31. The van der Waals surface area contributed by atoms with Crippen LogP contribution in [0.2, 0.25) is 0 Å². The lowest BCUT2D eigenvalue weighted by molar-refractivity contribution is 0.494. The highest BCUT2D eigenvalue weighted by molar-refractivity contribution is 5.50. The fourth-order valence-electron chi connectivity index (χ4n) is 3.14. The molecule has 0 unspecified atom stereocenters. The number of benzene rings is 1. The molecule has 4 nitrogen and oxygen atoms in total. The van der Waals surface area contributed by atoms with Crippen LogP contribution in [0.3, 0.4) is 0 Å². The van der Waals surface area contributed by atoms with E-state index in [0.29, 0.717) is 17.7 Å². The van der Waals surface area contributed by atoms with E-state index in [1.807, 2.05) is 6.07 Å². The second-order valence-corrected chi connectivity index (χ2v) is 5.17. The minimum atomic E-state index is 0.279. The number of fused-ring (bicyclic) bond motifs is 1. The summed E-state index contributed by atoms with van der Waals surface area (Å²) < 4.78 is 0. The molecule has 1 aliphatic rings. The zero-order valence-corrected chi connectivity index (χ0v) is 11.0. The molecule has 0 saturated carbocycles. The van der Waals surface area contributed by atoms with Crippen LogP contribution in [0.4, 0.5) is 11.8 Å². The predicted molar refractivity (Wildman–Crippen MR) is 76.8 cm³/mol. The molecule has 2 aromatic rings. The number of aromatic nitrogens is 2. The monoisotopic (exact) mass is 254 g/mol. The third-order valence-electron chi connectivity index (χ3n) is 4.05. The van der Waals surface area contributed by atoms with Gasteiger partial charge in [0.05, 0.1) is 5.69 Å². The average molecular weight is 254 g/mol. The second kappa shape index (κ2) is 4.53. The van der Waals surface area contributed by atoms with Gasteiger partial charge < -0.3 is 11.5 Å². The van der Waals surface area contributed by atoms with Crippen LogP contribution in [0.1, 0.15) is 42.0 Å². The fraction of sp³-hybridized carbons (Fsp3) is 0.333. The van der Waals surface area contributed by atoms with Crippen molar-refractivity contribution in [1.29, 1.82) is 0 Å². The molecule has 0 bridgehead atoms. The van der Waals surface area contributed by atoms with E-state index in [-0.39, 0.29) is 5.95 Å². The molecule has 0 spiro atoms. The van der Waals surface area contributed by atoms with Crippen LogP contribution < -0.4 is 11.5 Å². The minimum absolute atomic E-state index is 0.279. The molecule has 3 rings (SSSR count). The molecule has 0 radical (unpaired) electrons. The summed E-state index contributed by atoms with van der Waals surface area (Å²) in [4.78, 5) is 8.45. The molecule has 0 aliphatic heterocycles. The lowest BCUT2D eigenvalue weighted by Crippen LogP contribution is -2.21. The van der Waals surface area contributed by atoms with Crippen LogP contribution in [0.25, 0.3) is 0 Å². The molecular weight excluding hydrogens is 236 g/mol. The van der Waals surface area contributed by atoms with Gasteiger partial charge in [0.1, 0.15) is 5.82 Å². The van der Waals surface area contributed by atoms with Crippen LogP contribution in [0, 0.1) is 0 Å². The molecule has 0 saturated heterocycles. The number of hydrogen-bond donors (Lipinski definition) is 2. The van der Waals surface area contributed by atoms with Gasteiger partial charge in [0, 0.05) is 5.56 Å². The topological polar surface area (TPSA) is 77.8 Å². The van der Waals surface area contributed by atoms with Gasteiger partial charge in [0.25, 0.3) is 0 Å². The van der Waals surface area contributed by atoms with Crippen molar-refractivity contribution >= 4 is 11.8 Å². The standard InChI is InChI=1S/C15H18N4/c1-9-11(10-5-3-2-4-6-10)7-8-12-13(9)14(16)19-15(17)18-12/h2-6,9,11H,7-8H2,1H3,(H4,16,17,18,19)/t9-,11+/m0/s1. The van der Waals surface area contributed by atoms with Gasteiger partial charge in [-0.05, 0) is 30.2 Å². The van der Waals surface area contributed by atoms with Crippen molar-refractivity contribution in [3.63, 3.8) is 0 Å². The number of anilines is 2. The molecule has 98 valence electrons. The fourth-order valence-corrected chi connectivity index (χ4v) is 3.14. The summed E-state index contributed by atoms with van der Waals surface area (Å²) in [6.45, 7) is 2.20. The van der Waals surface area contributed by atoms with Crippen molar-refractivity contribution < 1.29 is 0 Å². The molecule has 0 amide bonds. The van der Waals surface area contributed by atoms with Gasteiger partial charge in [-0.25, -0.2) is 4.98 Å². The Hall–Kier alpha value is -2.10. The Kier molecular flexibility index (Phi) is 2.85. The number of nitrogen functional groups attached to an aromatic ring is 2. The Labute approximate surface area is 112 Å². The summed E-state index contributed by atoms with van der Waals surface area (Å²) in [5.74, 6) is 1.62. The summed E-state index contributed by atoms with van der Waals surface area (Å²) in [5, 5.41) is 0. The maximum absolute atomic E-state index is 6.04. The molecule has 19 heavy (non-hydrogen) atoms. The predicted octanol–water partition coefficient (Wildman–Crippen LogP) is 2.47. The highest BCUT2D eigenvalue weighted by Gasteiger charge is 2.30. The largest absolute Gasteiger partial charge is 0.383 e. The van der Waals surface area contributed by atoms with Crippen LogP contribution in [0.5, 0.6) is 0 Å². The van der Waals surface area contributed by atoms with Gasteiger partial charge in [0.15, 0.2) is 0 Å². The minimum Gasteiger partial charge on any atom is -0.383 e. The van der Waals surface area contributed by atoms with Crippen molar-refractivity contribution in [3.8, 4) is 0 Å². The van der Waals surface area contributed by atoms with Gasteiger partial charge >= 0.3 is 0 Å². The van der Waals surface area contributed by atoms with Gasteiger partial charge in [-0.1, -0.05) is 37.3 Å².